The number of benzene rings is 2. The maximum absolute atomic E-state index is 14.4. The summed E-state index contributed by atoms with van der Waals surface area (Å²) in [6.45, 7) is 0. The van der Waals surface area contributed by atoms with Crippen LogP contribution in [0.4, 0.5) is 4.39 Å². The molecule has 2 heterocycles. The van der Waals surface area contributed by atoms with Gasteiger partial charge in [-0.25, -0.2) is 9.40 Å². The fourth-order valence-corrected chi connectivity index (χ4v) is 3.56. The van der Waals surface area contributed by atoms with E-state index in [1.165, 1.54) is 22.8 Å². The Balaban J connectivity index is 2.03. The molecule has 0 unspecified atom stereocenters. The Labute approximate surface area is 155 Å². The minimum atomic E-state index is -0.738. The second-order valence-corrected chi connectivity index (χ2v) is 7.15. The van der Waals surface area contributed by atoms with Crippen molar-refractivity contribution in [1.82, 2.24) is 10.3 Å². The Hall–Kier alpha value is -2.19. The van der Waals surface area contributed by atoms with Crippen molar-refractivity contribution in [3.8, 4) is 0 Å². The van der Waals surface area contributed by atoms with Crippen molar-refractivity contribution >= 4 is 44.5 Å². The summed E-state index contributed by atoms with van der Waals surface area (Å²) >= 11 is 4.73. The van der Waals surface area contributed by atoms with Gasteiger partial charge in [0.15, 0.2) is 11.3 Å². The van der Waals surface area contributed by atoms with Crippen LogP contribution in [0.2, 0.25) is 0 Å². The maximum Gasteiger partial charge on any atom is 0.276 e. The topological polar surface area (TPSA) is 57.1 Å². The van der Waals surface area contributed by atoms with Crippen LogP contribution in [0, 0.1) is 5.82 Å². The first-order valence-electron chi connectivity index (χ1n) is 7.44. The molecule has 2 aromatic rings. The molecule has 2 aromatic carbocycles. The zero-order chi connectivity index (χ0) is 17.6. The molecule has 0 radical (unpaired) electrons. The largest absolute Gasteiger partial charge is 0.298 e. The van der Waals surface area contributed by atoms with Crippen molar-refractivity contribution in [2.75, 3.05) is 6.26 Å². The van der Waals surface area contributed by atoms with E-state index in [4.69, 9.17) is 0 Å². The van der Waals surface area contributed by atoms with E-state index in [-0.39, 0.29) is 11.7 Å². The lowest BCUT2D eigenvalue weighted by molar-refractivity contribution is -0.116. The standard InChI is InChI=1S/C17H12BrFN4OS/c1-25-17-21-16(24)14-11-8-9(18)6-7-13(11)20-15(23(14)22-17)10-4-2-3-5-12(10)19/h2-8,15H,1H3,(H,21,22,24)/t15-/m1/s1. The van der Waals surface area contributed by atoms with Crippen molar-refractivity contribution in [3.63, 3.8) is 0 Å². The summed E-state index contributed by atoms with van der Waals surface area (Å²) in [5.41, 5.74) is 0.727. The van der Waals surface area contributed by atoms with Gasteiger partial charge in [-0.15, -0.1) is 5.10 Å². The molecule has 2 aliphatic rings. The highest BCUT2D eigenvalue weighted by atomic mass is 79.9. The Bertz CT molecular complexity index is 1040. The van der Waals surface area contributed by atoms with E-state index in [2.05, 4.69) is 31.3 Å². The molecular weight excluding hydrogens is 407 g/mol. The highest BCUT2D eigenvalue weighted by molar-refractivity contribution is 9.10. The van der Waals surface area contributed by atoms with Crippen LogP contribution in [0.3, 0.4) is 0 Å². The monoisotopic (exact) mass is 418 g/mol. The van der Waals surface area contributed by atoms with Crippen LogP contribution in [-0.4, -0.2) is 22.3 Å². The van der Waals surface area contributed by atoms with Gasteiger partial charge in [0.25, 0.3) is 5.91 Å². The minimum absolute atomic E-state index is 0.282. The van der Waals surface area contributed by atoms with Gasteiger partial charge in [-0.1, -0.05) is 45.9 Å². The van der Waals surface area contributed by atoms with Gasteiger partial charge in [0, 0.05) is 15.3 Å². The van der Waals surface area contributed by atoms with E-state index in [9.17, 15) is 9.18 Å². The Morgan fingerprint density at radius 2 is 2.08 bits per heavy atom. The summed E-state index contributed by atoms with van der Waals surface area (Å²) in [6.07, 6.45) is 1.08. The number of thioether (sulfide) groups is 1. The number of nitrogens with zero attached hydrogens (tertiary/aromatic N) is 3. The van der Waals surface area contributed by atoms with E-state index in [1.54, 1.807) is 24.3 Å². The molecule has 0 aliphatic carbocycles. The zero-order valence-corrected chi connectivity index (χ0v) is 15.4. The van der Waals surface area contributed by atoms with Gasteiger partial charge in [-0.05, 0) is 30.5 Å². The third-order valence-electron chi connectivity index (χ3n) is 3.95. The Morgan fingerprint density at radius 1 is 1.28 bits per heavy atom. The van der Waals surface area contributed by atoms with Crippen LogP contribution in [0.5, 0.6) is 0 Å². The third kappa shape index (κ3) is 2.75. The zero-order valence-electron chi connectivity index (χ0n) is 13.0. The number of halogens is 2. The molecule has 4 rings (SSSR count). The number of rotatable bonds is 1. The lowest BCUT2D eigenvalue weighted by atomic mass is 10.1. The van der Waals surface area contributed by atoms with E-state index >= 15 is 0 Å². The van der Waals surface area contributed by atoms with Gasteiger partial charge in [0.1, 0.15) is 11.5 Å². The van der Waals surface area contributed by atoms with Crippen LogP contribution >= 0.6 is 27.7 Å². The van der Waals surface area contributed by atoms with Crippen molar-refractivity contribution in [2.24, 2.45) is 10.1 Å². The molecule has 8 heteroatoms. The number of hydrazone groups is 1. The number of amides is 1. The van der Waals surface area contributed by atoms with Crippen LogP contribution in [0.25, 0.3) is 5.70 Å². The molecular formula is C17H12BrFN4OS. The molecule has 1 N–H and O–H groups in total. The molecule has 25 heavy (non-hydrogen) atoms. The maximum atomic E-state index is 14.4. The molecule has 1 atom stereocenters. The minimum Gasteiger partial charge on any atom is -0.298 e. The average molecular weight is 419 g/mol. The highest BCUT2D eigenvalue weighted by Crippen LogP contribution is 2.31. The van der Waals surface area contributed by atoms with Crippen LogP contribution in [0.1, 0.15) is 11.7 Å². The van der Waals surface area contributed by atoms with Gasteiger partial charge in [-0.3, -0.25) is 15.1 Å². The normalized spacial score (nSPS) is 18.8. The number of hydrogen-bond acceptors (Lipinski definition) is 5. The molecule has 126 valence electrons. The SMILES string of the molecule is CSC1=NN2C(=c3cc(Br)ccc3=N[C@H]2c2ccccc2F)C(=O)N1. The number of carbonyl (C=O) groups excluding carboxylic acids is 1. The fourth-order valence-electron chi connectivity index (χ4n) is 2.83. The van der Waals surface area contributed by atoms with E-state index < -0.39 is 6.17 Å². The molecule has 0 saturated carbocycles. The lowest BCUT2D eigenvalue weighted by Gasteiger charge is -2.34. The van der Waals surface area contributed by atoms with E-state index in [0.717, 1.165) is 4.47 Å². The first-order valence-corrected chi connectivity index (χ1v) is 9.45. The number of amidine groups is 1. The summed E-state index contributed by atoms with van der Waals surface area (Å²) in [6, 6.07) is 11.9. The van der Waals surface area contributed by atoms with E-state index in [1.807, 2.05) is 18.4 Å². The Morgan fingerprint density at radius 3 is 2.84 bits per heavy atom. The number of nitrogens with one attached hydrogen (secondary N) is 1. The molecule has 0 bridgehead atoms. The predicted octanol–water partition coefficient (Wildman–Crippen LogP) is 2.09. The van der Waals surface area contributed by atoms with Gasteiger partial charge >= 0.3 is 0 Å². The molecule has 0 spiro atoms. The second kappa shape index (κ2) is 6.27. The fraction of sp³-hybridized carbons (Fsp3) is 0.118. The summed E-state index contributed by atoms with van der Waals surface area (Å²) in [4.78, 5) is 17.4. The summed E-state index contributed by atoms with van der Waals surface area (Å²) in [5.74, 6) is -0.669. The quantitative estimate of drug-likeness (QED) is 0.771. The summed E-state index contributed by atoms with van der Waals surface area (Å²) in [7, 11) is 0. The second-order valence-electron chi connectivity index (χ2n) is 5.44. The first kappa shape index (κ1) is 16.3. The van der Waals surface area contributed by atoms with Crippen molar-refractivity contribution in [1.29, 1.82) is 0 Å². The van der Waals surface area contributed by atoms with Crippen LogP contribution in [0.15, 0.2) is 57.0 Å². The molecule has 0 fully saturated rings. The van der Waals surface area contributed by atoms with Crippen LogP contribution < -0.4 is 15.9 Å². The van der Waals surface area contributed by atoms with E-state index in [0.29, 0.717) is 27.0 Å². The van der Waals surface area contributed by atoms with Crippen molar-refractivity contribution < 1.29 is 9.18 Å². The molecule has 5 nitrogen and oxygen atoms in total. The van der Waals surface area contributed by atoms with Crippen LogP contribution in [-0.2, 0) is 4.79 Å². The molecule has 0 aromatic heterocycles. The predicted molar refractivity (Wildman–Crippen MR) is 98.4 cm³/mol. The average Bonchev–Trinajstić information content (AvgIpc) is 2.61. The molecule has 0 saturated heterocycles. The first-order chi connectivity index (χ1) is 12.1. The third-order valence-corrected chi connectivity index (χ3v) is 5.01. The summed E-state index contributed by atoms with van der Waals surface area (Å²) in [5, 5.41) is 10.5. The van der Waals surface area contributed by atoms with Gasteiger partial charge in [0.05, 0.1) is 5.36 Å². The van der Waals surface area contributed by atoms with Gasteiger partial charge in [-0.2, -0.15) is 0 Å². The van der Waals surface area contributed by atoms with Crippen molar-refractivity contribution in [3.05, 3.63) is 68.9 Å². The van der Waals surface area contributed by atoms with Crippen molar-refractivity contribution in [2.45, 2.75) is 6.17 Å². The van der Waals surface area contributed by atoms with Gasteiger partial charge in [0.2, 0.25) is 0 Å². The number of fused-ring (bicyclic) bond motifs is 2. The number of hydrogen-bond donors (Lipinski definition) is 1. The highest BCUT2D eigenvalue weighted by Gasteiger charge is 2.35. The Kier molecular flexibility index (Phi) is 4.09. The van der Waals surface area contributed by atoms with Gasteiger partial charge < -0.3 is 0 Å². The molecule has 2 aliphatic heterocycles. The lowest BCUT2D eigenvalue weighted by Crippen LogP contribution is -2.50. The molecule has 1 amide bonds. The smallest absolute Gasteiger partial charge is 0.276 e. The summed E-state index contributed by atoms with van der Waals surface area (Å²) < 4.78 is 15.2. The number of carbonyl (C=O) groups is 1.